The second kappa shape index (κ2) is 6.91. The summed E-state index contributed by atoms with van der Waals surface area (Å²) in [7, 11) is 1.00. The Labute approximate surface area is 139 Å². The molecule has 0 aromatic heterocycles. The number of ether oxygens (including phenoxy) is 1. The van der Waals surface area contributed by atoms with Crippen LogP contribution in [0.5, 0.6) is 0 Å². The van der Waals surface area contributed by atoms with Gasteiger partial charge in [-0.25, -0.2) is 4.79 Å². The minimum Gasteiger partial charge on any atom is -0.444 e. The van der Waals surface area contributed by atoms with Crippen molar-refractivity contribution >= 4 is 6.09 Å². The van der Waals surface area contributed by atoms with Gasteiger partial charge in [-0.1, -0.05) is 24.3 Å². The molecule has 0 radical (unpaired) electrons. The summed E-state index contributed by atoms with van der Waals surface area (Å²) in [4.78, 5) is 14.0. The van der Waals surface area contributed by atoms with E-state index in [1.165, 1.54) is 24.0 Å². The van der Waals surface area contributed by atoms with Gasteiger partial charge in [0, 0.05) is 20.2 Å². The Kier molecular flexibility index (Phi) is 5.35. The fourth-order valence-corrected chi connectivity index (χ4v) is 3.73. The summed E-state index contributed by atoms with van der Waals surface area (Å²) in [6.07, 6.45) is 4.37. The molecule has 1 aliphatic carbocycles. The van der Waals surface area contributed by atoms with Crippen molar-refractivity contribution < 1.29 is 14.6 Å². The van der Waals surface area contributed by atoms with E-state index in [1.807, 2.05) is 25.7 Å². The van der Waals surface area contributed by atoms with Gasteiger partial charge in [-0.05, 0) is 63.0 Å². The maximum Gasteiger partial charge on any atom is 0.410 e. The van der Waals surface area contributed by atoms with Crippen LogP contribution in [-0.2, 0) is 16.6 Å². The summed E-state index contributed by atoms with van der Waals surface area (Å²) < 4.78 is 5.48. The summed E-state index contributed by atoms with van der Waals surface area (Å²) >= 11 is 0. The molecule has 3 rings (SSSR count). The Morgan fingerprint density at radius 1 is 1.13 bits per heavy atom. The molecule has 4 heteroatoms. The molecule has 2 aliphatic rings. The lowest BCUT2D eigenvalue weighted by Crippen LogP contribution is -2.46. The third-order valence-electron chi connectivity index (χ3n) is 4.83. The molecular weight excluding hydrogens is 290 g/mol. The van der Waals surface area contributed by atoms with Crippen LogP contribution in [0, 0.1) is 0 Å². The third kappa shape index (κ3) is 3.86. The van der Waals surface area contributed by atoms with Crippen molar-refractivity contribution in [3.05, 3.63) is 35.4 Å². The minimum atomic E-state index is -0.411. The fourth-order valence-electron chi connectivity index (χ4n) is 3.73. The SMILES string of the molecule is CC(C)(C)OC(=O)N1CCC2(CCc3ccccc32)CC1.CO. The van der Waals surface area contributed by atoms with Crippen LogP contribution in [0.3, 0.4) is 0 Å². The summed E-state index contributed by atoms with van der Waals surface area (Å²) in [5.41, 5.74) is 2.92. The normalized spacial score (nSPS) is 18.9. The van der Waals surface area contributed by atoms with Crippen LogP contribution in [0.2, 0.25) is 0 Å². The number of carbonyl (C=O) groups excluding carboxylic acids is 1. The van der Waals surface area contributed by atoms with Gasteiger partial charge in [-0.15, -0.1) is 0 Å². The number of aryl methyl sites for hydroxylation is 1. The van der Waals surface area contributed by atoms with Gasteiger partial charge in [0.1, 0.15) is 5.60 Å². The average Bonchev–Trinajstić information content (AvgIpc) is 2.88. The second-order valence-electron chi connectivity index (χ2n) is 7.40. The van der Waals surface area contributed by atoms with Gasteiger partial charge in [-0.2, -0.15) is 0 Å². The van der Waals surface area contributed by atoms with E-state index in [9.17, 15) is 4.79 Å². The average molecular weight is 319 g/mol. The maximum atomic E-state index is 12.2. The van der Waals surface area contributed by atoms with E-state index in [-0.39, 0.29) is 6.09 Å². The first kappa shape index (κ1) is 17.8. The molecule has 0 unspecified atom stereocenters. The summed E-state index contributed by atoms with van der Waals surface area (Å²) in [5, 5.41) is 7.00. The smallest absolute Gasteiger partial charge is 0.410 e. The zero-order chi connectivity index (χ0) is 17.1. The van der Waals surface area contributed by atoms with Crippen LogP contribution in [0.1, 0.15) is 51.2 Å². The lowest BCUT2D eigenvalue weighted by molar-refractivity contribution is 0.0164. The first-order chi connectivity index (χ1) is 10.9. The van der Waals surface area contributed by atoms with Crippen LogP contribution >= 0.6 is 0 Å². The molecule has 1 aromatic rings. The monoisotopic (exact) mass is 319 g/mol. The highest BCUT2D eigenvalue weighted by molar-refractivity contribution is 5.68. The Hall–Kier alpha value is -1.55. The standard InChI is InChI=1S/C18H25NO2.CH4O/c1-17(2,3)21-16(20)19-12-10-18(11-13-19)9-8-14-6-4-5-7-15(14)18;1-2/h4-7H,8-13H2,1-3H3;2H,1H3. The molecule has 23 heavy (non-hydrogen) atoms. The Morgan fingerprint density at radius 3 is 2.35 bits per heavy atom. The highest BCUT2D eigenvalue weighted by Gasteiger charge is 2.42. The molecular formula is C19H29NO3. The minimum absolute atomic E-state index is 0.163. The Balaban J connectivity index is 0.000000924. The van der Waals surface area contributed by atoms with Crippen molar-refractivity contribution in [2.75, 3.05) is 20.2 Å². The number of hydrogen-bond donors (Lipinski definition) is 1. The van der Waals surface area contributed by atoms with Gasteiger partial charge in [-0.3, -0.25) is 0 Å². The largest absolute Gasteiger partial charge is 0.444 e. The van der Waals surface area contributed by atoms with Crippen molar-refractivity contribution in [3.8, 4) is 0 Å². The molecule has 1 aromatic carbocycles. The number of nitrogens with zero attached hydrogens (tertiary/aromatic N) is 1. The molecule has 0 bridgehead atoms. The van der Waals surface area contributed by atoms with Gasteiger partial charge >= 0.3 is 6.09 Å². The number of amides is 1. The van der Waals surface area contributed by atoms with Crippen LogP contribution in [0.4, 0.5) is 4.79 Å². The molecule has 1 N–H and O–H groups in total. The number of piperidine rings is 1. The van der Waals surface area contributed by atoms with Crippen LogP contribution in [0.25, 0.3) is 0 Å². The zero-order valence-corrected chi connectivity index (χ0v) is 14.8. The topological polar surface area (TPSA) is 49.8 Å². The summed E-state index contributed by atoms with van der Waals surface area (Å²) in [5.74, 6) is 0. The lowest BCUT2D eigenvalue weighted by atomic mass is 9.74. The van der Waals surface area contributed by atoms with Gasteiger partial charge in [0.2, 0.25) is 0 Å². The lowest BCUT2D eigenvalue weighted by Gasteiger charge is -2.40. The van der Waals surface area contributed by atoms with E-state index in [2.05, 4.69) is 24.3 Å². The van der Waals surface area contributed by atoms with Gasteiger partial charge < -0.3 is 14.7 Å². The number of aliphatic hydroxyl groups is 1. The van der Waals surface area contributed by atoms with Crippen molar-refractivity contribution in [2.24, 2.45) is 0 Å². The van der Waals surface area contributed by atoms with Crippen LogP contribution in [0.15, 0.2) is 24.3 Å². The molecule has 4 nitrogen and oxygen atoms in total. The van der Waals surface area contributed by atoms with E-state index < -0.39 is 5.60 Å². The second-order valence-corrected chi connectivity index (χ2v) is 7.40. The maximum absolute atomic E-state index is 12.2. The molecule has 0 atom stereocenters. The number of carbonyl (C=O) groups is 1. The van der Waals surface area contributed by atoms with E-state index in [4.69, 9.17) is 9.84 Å². The number of hydrogen-bond acceptors (Lipinski definition) is 3. The number of aliphatic hydroxyl groups excluding tert-OH is 1. The third-order valence-corrected chi connectivity index (χ3v) is 4.83. The van der Waals surface area contributed by atoms with Gasteiger partial charge in [0.05, 0.1) is 0 Å². The molecule has 1 heterocycles. The van der Waals surface area contributed by atoms with E-state index >= 15 is 0 Å². The molecule has 128 valence electrons. The number of likely N-dealkylation sites (tertiary alicyclic amines) is 1. The fraction of sp³-hybridized carbons (Fsp3) is 0.632. The van der Waals surface area contributed by atoms with Crippen LogP contribution < -0.4 is 0 Å². The first-order valence-electron chi connectivity index (χ1n) is 8.41. The van der Waals surface area contributed by atoms with Crippen LogP contribution in [-0.4, -0.2) is 41.9 Å². The van der Waals surface area contributed by atoms with Gasteiger partial charge in [0.25, 0.3) is 0 Å². The summed E-state index contributed by atoms with van der Waals surface area (Å²) in [6, 6.07) is 8.82. The van der Waals surface area contributed by atoms with Crippen molar-refractivity contribution in [2.45, 2.75) is 57.5 Å². The molecule has 1 saturated heterocycles. The molecule has 1 amide bonds. The van der Waals surface area contributed by atoms with Crippen molar-refractivity contribution in [3.63, 3.8) is 0 Å². The molecule has 1 fully saturated rings. The Bertz CT molecular complexity index is 540. The van der Waals surface area contributed by atoms with Crippen molar-refractivity contribution in [1.82, 2.24) is 4.90 Å². The number of fused-ring (bicyclic) bond motifs is 2. The highest BCUT2D eigenvalue weighted by Crippen LogP contribution is 2.46. The Morgan fingerprint density at radius 2 is 1.74 bits per heavy atom. The quantitative estimate of drug-likeness (QED) is 0.796. The van der Waals surface area contributed by atoms with Crippen molar-refractivity contribution in [1.29, 1.82) is 0 Å². The molecule has 1 aliphatic heterocycles. The van der Waals surface area contributed by atoms with E-state index in [0.29, 0.717) is 5.41 Å². The van der Waals surface area contributed by atoms with Gasteiger partial charge in [0.15, 0.2) is 0 Å². The predicted molar refractivity (Wildman–Crippen MR) is 91.6 cm³/mol. The number of rotatable bonds is 0. The molecule has 0 saturated carbocycles. The highest BCUT2D eigenvalue weighted by atomic mass is 16.6. The van der Waals surface area contributed by atoms with E-state index in [0.717, 1.165) is 33.0 Å². The zero-order valence-electron chi connectivity index (χ0n) is 14.8. The summed E-state index contributed by atoms with van der Waals surface area (Å²) in [6.45, 7) is 7.38. The van der Waals surface area contributed by atoms with E-state index in [1.54, 1.807) is 0 Å². The number of benzene rings is 1. The first-order valence-corrected chi connectivity index (χ1v) is 8.41. The predicted octanol–water partition coefficient (Wildman–Crippen LogP) is 3.51. The molecule has 1 spiro atoms.